The van der Waals surface area contributed by atoms with Gasteiger partial charge in [-0.05, 0) is 38.1 Å². The Bertz CT molecular complexity index is 851. The number of benzene rings is 2. The highest BCUT2D eigenvalue weighted by Gasteiger charge is 2.26. The van der Waals surface area contributed by atoms with E-state index in [-0.39, 0.29) is 22.8 Å². The summed E-state index contributed by atoms with van der Waals surface area (Å²) < 4.78 is 0. The van der Waals surface area contributed by atoms with Crippen LogP contribution in [0.1, 0.15) is 12.5 Å². The van der Waals surface area contributed by atoms with Gasteiger partial charge in [-0.3, -0.25) is 9.59 Å². The van der Waals surface area contributed by atoms with E-state index in [1.54, 1.807) is 0 Å². The van der Waals surface area contributed by atoms with Crippen molar-refractivity contribution >= 4 is 46.6 Å². The first-order valence-electron chi connectivity index (χ1n) is 9.70. The largest absolute Gasteiger partial charge is 0.367 e. The highest BCUT2D eigenvalue weighted by atomic mass is 35.5. The van der Waals surface area contributed by atoms with Crippen molar-refractivity contribution in [3.63, 3.8) is 0 Å². The molecular weight excluding hydrogens is 406 g/mol. The van der Waals surface area contributed by atoms with Crippen molar-refractivity contribution in [2.45, 2.75) is 19.1 Å². The first kappa shape index (κ1) is 21.5. The van der Waals surface area contributed by atoms with Crippen molar-refractivity contribution < 1.29 is 9.59 Å². The van der Waals surface area contributed by atoms with Crippen molar-refractivity contribution in [2.75, 3.05) is 42.1 Å². The Morgan fingerprint density at radius 1 is 1.07 bits per heavy atom. The SMILES string of the molecule is Cc1ccc(NC(=O)CSC(C)C(=O)N2CCN(c3ccccc3Cl)CC2)cc1. The number of piperazine rings is 1. The standard InChI is InChI=1S/C22H26ClN3O2S/c1-16-7-9-18(10-8-16)24-21(27)15-29-17(2)22(28)26-13-11-25(12-14-26)20-6-4-3-5-19(20)23/h3-10,17H,11-15H2,1-2H3,(H,24,27). The molecule has 1 aliphatic heterocycles. The smallest absolute Gasteiger partial charge is 0.235 e. The third-order valence-electron chi connectivity index (χ3n) is 4.93. The number of carbonyl (C=O) groups excluding carboxylic acids is 2. The van der Waals surface area contributed by atoms with Gasteiger partial charge in [0.05, 0.1) is 21.7 Å². The second kappa shape index (κ2) is 10.0. The molecule has 1 aliphatic rings. The topological polar surface area (TPSA) is 52.7 Å². The van der Waals surface area contributed by atoms with Crippen LogP contribution in [-0.4, -0.2) is 53.9 Å². The zero-order valence-corrected chi connectivity index (χ0v) is 18.3. The Morgan fingerprint density at radius 2 is 1.72 bits per heavy atom. The number of amides is 2. The lowest BCUT2D eigenvalue weighted by Crippen LogP contribution is -2.50. The van der Waals surface area contributed by atoms with Crippen molar-refractivity contribution in [2.24, 2.45) is 0 Å². The van der Waals surface area contributed by atoms with Gasteiger partial charge in [0.25, 0.3) is 0 Å². The van der Waals surface area contributed by atoms with Crippen LogP contribution in [0.15, 0.2) is 48.5 Å². The van der Waals surface area contributed by atoms with Gasteiger partial charge in [-0.2, -0.15) is 0 Å². The van der Waals surface area contributed by atoms with E-state index in [2.05, 4.69) is 10.2 Å². The van der Waals surface area contributed by atoms with Gasteiger partial charge in [0.2, 0.25) is 11.8 Å². The van der Waals surface area contributed by atoms with Crippen molar-refractivity contribution in [3.8, 4) is 0 Å². The Morgan fingerprint density at radius 3 is 2.38 bits per heavy atom. The van der Waals surface area contributed by atoms with Gasteiger partial charge in [0, 0.05) is 31.9 Å². The lowest BCUT2D eigenvalue weighted by molar-refractivity contribution is -0.130. The van der Waals surface area contributed by atoms with Crippen LogP contribution in [0.25, 0.3) is 0 Å². The molecular formula is C22H26ClN3O2S. The number of halogens is 1. The number of para-hydroxylation sites is 1. The van der Waals surface area contributed by atoms with E-state index in [1.165, 1.54) is 11.8 Å². The minimum Gasteiger partial charge on any atom is -0.367 e. The lowest BCUT2D eigenvalue weighted by atomic mass is 10.2. The second-order valence-corrected chi connectivity index (χ2v) is 8.87. The quantitative estimate of drug-likeness (QED) is 0.749. The van der Waals surface area contributed by atoms with Crippen LogP contribution in [-0.2, 0) is 9.59 Å². The summed E-state index contributed by atoms with van der Waals surface area (Å²) >= 11 is 7.65. The molecule has 0 bridgehead atoms. The number of hydrogen-bond acceptors (Lipinski definition) is 4. The van der Waals surface area contributed by atoms with Gasteiger partial charge in [0.1, 0.15) is 0 Å². The number of carbonyl (C=O) groups is 2. The van der Waals surface area contributed by atoms with E-state index in [0.29, 0.717) is 13.1 Å². The summed E-state index contributed by atoms with van der Waals surface area (Å²) in [6.45, 7) is 6.69. The molecule has 2 amide bonds. The van der Waals surface area contributed by atoms with E-state index >= 15 is 0 Å². The molecule has 1 fully saturated rings. The molecule has 1 atom stereocenters. The Labute approximate surface area is 181 Å². The van der Waals surface area contributed by atoms with Crippen molar-refractivity contribution in [3.05, 3.63) is 59.1 Å². The van der Waals surface area contributed by atoms with E-state index in [0.717, 1.165) is 35.1 Å². The van der Waals surface area contributed by atoms with Gasteiger partial charge in [-0.15, -0.1) is 11.8 Å². The average molecular weight is 432 g/mol. The lowest BCUT2D eigenvalue weighted by Gasteiger charge is -2.37. The molecule has 3 rings (SSSR count). The molecule has 1 unspecified atom stereocenters. The zero-order valence-electron chi connectivity index (χ0n) is 16.7. The minimum absolute atomic E-state index is 0.0805. The molecule has 0 aliphatic carbocycles. The fourth-order valence-corrected chi connectivity index (χ4v) is 4.26. The molecule has 29 heavy (non-hydrogen) atoms. The summed E-state index contributed by atoms with van der Waals surface area (Å²) in [5.41, 5.74) is 2.93. The van der Waals surface area contributed by atoms with E-state index in [1.807, 2.05) is 67.3 Å². The van der Waals surface area contributed by atoms with Crippen LogP contribution in [0.4, 0.5) is 11.4 Å². The predicted molar refractivity (Wildman–Crippen MR) is 122 cm³/mol. The van der Waals surface area contributed by atoms with Crippen molar-refractivity contribution in [1.29, 1.82) is 0 Å². The number of anilines is 2. The Hall–Kier alpha value is -2.18. The van der Waals surface area contributed by atoms with Crippen LogP contribution in [0.3, 0.4) is 0 Å². The van der Waals surface area contributed by atoms with Crippen LogP contribution in [0.5, 0.6) is 0 Å². The third kappa shape index (κ3) is 5.90. The molecule has 2 aromatic carbocycles. The Kier molecular flexibility index (Phi) is 7.45. The molecule has 7 heteroatoms. The maximum Gasteiger partial charge on any atom is 0.235 e. The van der Waals surface area contributed by atoms with Crippen LogP contribution >= 0.6 is 23.4 Å². The molecule has 1 saturated heterocycles. The molecule has 0 aromatic heterocycles. The summed E-state index contributed by atoms with van der Waals surface area (Å²) in [6.07, 6.45) is 0. The highest BCUT2D eigenvalue weighted by molar-refractivity contribution is 8.01. The fourth-order valence-electron chi connectivity index (χ4n) is 3.24. The monoisotopic (exact) mass is 431 g/mol. The van der Waals surface area contributed by atoms with E-state index in [4.69, 9.17) is 11.6 Å². The maximum atomic E-state index is 12.7. The van der Waals surface area contributed by atoms with Crippen LogP contribution in [0, 0.1) is 6.92 Å². The third-order valence-corrected chi connectivity index (χ3v) is 6.38. The highest BCUT2D eigenvalue weighted by Crippen LogP contribution is 2.26. The number of nitrogens with one attached hydrogen (secondary N) is 1. The van der Waals surface area contributed by atoms with Gasteiger partial charge < -0.3 is 15.1 Å². The minimum atomic E-state index is -0.259. The van der Waals surface area contributed by atoms with Gasteiger partial charge in [0.15, 0.2) is 0 Å². The second-order valence-electron chi connectivity index (χ2n) is 7.13. The van der Waals surface area contributed by atoms with Gasteiger partial charge in [-0.25, -0.2) is 0 Å². The molecule has 5 nitrogen and oxygen atoms in total. The molecule has 0 saturated carbocycles. The fraction of sp³-hybridized carbons (Fsp3) is 0.364. The van der Waals surface area contributed by atoms with Crippen molar-refractivity contribution in [1.82, 2.24) is 4.90 Å². The first-order valence-corrected chi connectivity index (χ1v) is 11.1. The molecule has 1 heterocycles. The van der Waals surface area contributed by atoms with E-state index in [9.17, 15) is 9.59 Å². The number of rotatable bonds is 6. The molecule has 1 N–H and O–H groups in total. The van der Waals surface area contributed by atoms with Crippen LogP contribution < -0.4 is 10.2 Å². The number of aryl methyl sites for hydroxylation is 1. The molecule has 0 radical (unpaired) electrons. The molecule has 154 valence electrons. The summed E-state index contributed by atoms with van der Waals surface area (Å²) in [4.78, 5) is 29.0. The molecule has 2 aromatic rings. The predicted octanol–water partition coefficient (Wildman–Crippen LogP) is 4.06. The maximum absolute atomic E-state index is 12.7. The first-order chi connectivity index (χ1) is 13.9. The number of thioether (sulfide) groups is 1. The Balaban J connectivity index is 1.44. The summed E-state index contributed by atoms with van der Waals surface area (Å²) in [7, 11) is 0. The summed E-state index contributed by atoms with van der Waals surface area (Å²) in [5, 5.41) is 3.34. The average Bonchev–Trinajstić information content (AvgIpc) is 2.73. The summed E-state index contributed by atoms with van der Waals surface area (Å²) in [6, 6.07) is 15.4. The van der Waals surface area contributed by atoms with Crippen LogP contribution in [0.2, 0.25) is 5.02 Å². The number of hydrogen-bond donors (Lipinski definition) is 1. The molecule has 0 spiro atoms. The van der Waals surface area contributed by atoms with E-state index < -0.39 is 0 Å². The van der Waals surface area contributed by atoms with Gasteiger partial charge in [-0.1, -0.05) is 41.4 Å². The summed E-state index contributed by atoms with van der Waals surface area (Å²) in [5.74, 6) is 0.236. The number of nitrogens with zero attached hydrogens (tertiary/aromatic N) is 2. The zero-order chi connectivity index (χ0) is 20.8. The van der Waals surface area contributed by atoms with Gasteiger partial charge >= 0.3 is 0 Å². The normalized spacial score (nSPS) is 15.1.